The molecule has 1 aromatic rings. The molecule has 0 aliphatic rings. The van der Waals surface area contributed by atoms with Crippen molar-refractivity contribution < 1.29 is 4.79 Å². The number of carbonyl (C=O) groups excluding carboxylic acids is 1. The molecular weight excluding hydrogens is 200 g/mol. The fourth-order valence-electron chi connectivity index (χ4n) is 1.17. The molecule has 3 nitrogen and oxygen atoms in total. The molecule has 0 aliphatic heterocycles. The molecule has 0 unspecified atom stereocenters. The molecule has 78 valence electrons. The number of benzene rings is 1. The number of hydrogen-bond acceptors (Lipinski definition) is 2. The van der Waals surface area contributed by atoms with Gasteiger partial charge >= 0.3 is 0 Å². The van der Waals surface area contributed by atoms with Crippen LogP contribution in [0.15, 0.2) is 30.3 Å². The number of rotatable bonds is 4. The van der Waals surface area contributed by atoms with Gasteiger partial charge in [-0.1, -0.05) is 30.3 Å². The fraction of sp³-hybridized carbons (Fsp3) is 0.300. The Hall–Kier alpha value is -1.06. The van der Waals surface area contributed by atoms with E-state index in [4.69, 9.17) is 5.84 Å². The van der Waals surface area contributed by atoms with Gasteiger partial charge in [-0.3, -0.25) is 10.2 Å². The summed E-state index contributed by atoms with van der Waals surface area (Å²) in [5.41, 5.74) is 3.37. The van der Waals surface area contributed by atoms with E-state index in [0.29, 0.717) is 6.42 Å². The Morgan fingerprint density at radius 1 is 1.29 bits per heavy atom. The van der Waals surface area contributed by atoms with Gasteiger partial charge in [0.1, 0.15) is 0 Å². The molecule has 1 amide bonds. The van der Waals surface area contributed by atoms with Gasteiger partial charge in [0.25, 0.3) is 0 Å². The van der Waals surface area contributed by atoms with Crippen LogP contribution < -0.4 is 11.3 Å². The zero-order valence-electron chi connectivity index (χ0n) is 7.90. The number of nitrogens with two attached hydrogens (primary N) is 1. The summed E-state index contributed by atoms with van der Waals surface area (Å²) in [5, 5.41) is 0. The van der Waals surface area contributed by atoms with E-state index in [0.717, 1.165) is 12.8 Å². The Labute approximate surface area is 90.1 Å². The molecule has 1 rings (SSSR count). The van der Waals surface area contributed by atoms with Gasteiger partial charge in [0, 0.05) is 6.42 Å². The highest BCUT2D eigenvalue weighted by atomic mass is 35.5. The van der Waals surface area contributed by atoms with Crippen LogP contribution in [0, 0.1) is 0 Å². The molecule has 0 aliphatic carbocycles. The Morgan fingerprint density at radius 3 is 2.50 bits per heavy atom. The minimum absolute atomic E-state index is 0. The number of nitrogens with one attached hydrogen (secondary N) is 1. The molecule has 0 bridgehead atoms. The Morgan fingerprint density at radius 2 is 1.93 bits per heavy atom. The molecule has 4 heteroatoms. The minimum Gasteiger partial charge on any atom is -0.294 e. The second-order valence-electron chi connectivity index (χ2n) is 2.91. The first-order chi connectivity index (χ1) is 6.33. The Kier molecular flexibility index (Phi) is 6.80. The van der Waals surface area contributed by atoms with Gasteiger partial charge in [-0.25, -0.2) is 5.84 Å². The lowest BCUT2D eigenvalue weighted by atomic mass is 10.1. The fourth-order valence-corrected chi connectivity index (χ4v) is 1.17. The molecular formula is C10H15ClN2O. The summed E-state index contributed by atoms with van der Waals surface area (Å²) >= 11 is 0. The van der Waals surface area contributed by atoms with Crippen molar-refractivity contribution in [3.8, 4) is 0 Å². The first kappa shape index (κ1) is 12.9. The third-order valence-corrected chi connectivity index (χ3v) is 1.87. The highest BCUT2D eigenvalue weighted by molar-refractivity contribution is 5.85. The van der Waals surface area contributed by atoms with Crippen LogP contribution in [0.4, 0.5) is 0 Å². The Bertz CT molecular complexity index is 264. The molecule has 14 heavy (non-hydrogen) atoms. The van der Waals surface area contributed by atoms with E-state index in [1.54, 1.807) is 0 Å². The van der Waals surface area contributed by atoms with Crippen molar-refractivity contribution in [3.63, 3.8) is 0 Å². The summed E-state index contributed by atoms with van der Waals surface area (Å²) in [6, 6.07) is 10.1. The maximum atomic E-state index is 10.8. The standard InChI is InChI=1S/C10H14N2O.ClH/c11-12-10(13)8-4-7-9-5-2-1-3-6-9;/h1-3,5-6H,4,7-8,11H2,(H,12,13);1H. The van der Waals surface area contributed by atoms with E-state index < -0.39 is 0 Å². The molecule has 0 radical (unpaired) electrons. The lowest BCUT2D eigenvalue weighted by Gasteiger charge is -2.00. The topological polar surface area (TPSA) is 55.1 Å². The van der Waals surface area contributed by atoms with Gasteiger partial charge in [0.05, 0.1) is 0 Å². The quantitative estimate of drug-likeness (QED) is 0.453. The van der Waals surface area contributed by atoms with Crippen LogP contribution in [-0.2, 0) is 11.2 Å². The number of amides is 1. The number of halogens is 1. The van der Waals surface area contributed by atoms with Crippen molar-refractivity contribution >= 4 is 18.3 Å². The average Bonchev–Trinajstić information content (AvgIpc) is 2.19. The smallest absolute Gasteiger partial charge is 0.233 e. The highest BCUT2D eigenvalue weighted by Gasteiger charge is 1.97. The van der Waals surface area contributed by atoms with Crippen molar-refractivity contribution in [2.45, 2.75) is 19.3 Å². The van der Waals surface area contributed by atoms with Crippen LogP contribution in [0.5, 0.6) is 0 Å². The van der Waals surface area contributed by atoms with Crippen molar-refractivity contribution in [1.82, 2.24) is 5.43 Å². The number of hydrazine groups is 1. The molecule has 0 spiro atoms. The first-order valence-electron chi connectivity index (χ1n) is 4.36. The van der Waals surface area contributed by atoms with Crippen molar-refractivity contribution in [2.75, 3.05) is 0 Å². The van der Waals surface area contributed by atoms with Gasteiger partial charge in [-0.15, -0.1) is 12.4 Å². The van der Waals surface area contributed by atoms with Gasteiger partial charge in [0.2, 0.25) is 5.91 Å². The van der Waals surface area contributed by atoms with Crippen LogP contribution in [0.3, 0.4) is 0 Å². The summed E-state index contributed by atoms with van der Waals surface area (Å²) in [6.07, 6.45) is 2.26. The maximum Gasteiger partial charge on any atom is 0.233 e. The monoisotopic (exact) mass is 214 g/mol. The van der Waals surface area contributed by atoms with Crippen LogP contribution in [0.2, 0.25) is 0 Å². The second-order valence-corrected chi connectivity index (χ2v) is 2.91. The predicted octanol–water partition coefficient (Wildman–Crippen LogP) is 1.42. The molecule has 3 N–H and O–H groups in total. The van der Waals surface area contributed by atoms with E-state index in [-0.39, 0.29) is 18.3 Å². The van der Waals surface area contributed by atoms with Crippen LogP contribution in [0.25, 0.3) is 0 Å². The summed E-state index contributed by atoms with van der Waals surface area (Å²) in [7, 11) is 0. The second kappa shape index (κ2) is 7.35. The lowest BCUT2D eigenvalue weighted by Crippen LogP contribution is -2.29. The van der Waals surface area contributed by atoms with Gasteiger partial charge < -0.3 is 0 Å². The van der Waals surface area contributed by atoms with Crippen LogP contribution in [-0.4, -0.2) is 5.91 Å². The number of aryl methyl sites for hydroxylation is 1. The lowest BCUT2D eigenvalue weighted by molar-refractivity contribution is -0.121. The molecule has 0 atom stereocenters. The molecule has 0 fully saturated rings. The van der Waals surface area contributed by atoms with E-state index in [1.807, 2.05) is 18.2 Å². The Balaban J connectivity index is 0.00000169. The summed E-state index contributed by atoms with van der Waals surface area (Å²) in [4.78, 5) is 10.8. The summed E-state index contributed by atoms with van der Waals surface area (Å²) < 4.78 is 0. The van der Waals surface area contributed by atoms with Crippen LogP contribution >= 0.6 is 12.4 Å². The third kappa shape index (κ3) is 4.84. The average molecular weight is 215 g/mol. The van der Waals surface area contributed by atoms with E-state index >= 15 is 0 Å². The number of carbonyl (C=O) groups is 1. The molecule has 0 heterocycles. The van der Waals surface area contributed by atoms with Gasteiger partial charge in [-0.2, -0.15) is 0 Å². The minimum atomic E-state index is -0.101. The first-order valence-corrected chi connectivity index (χ1v) is 4.36. The van der Waals surface area contributed by atoms with E-state index in [2.05, 4.69) is 17.6 Å². The van der Waals surface area contributed by atoms with Crippen LogP contribution in [0.1, 0.15) is 18.4 Å². The SMILES string of the molecule is Cl.NNC(=O)CCCc1ccccc1. The number of hydrogen-bond donors (Lipinski definition) is 2. The van der Waals surface area contributed by atoms with Crippen molar-refractivity contribution in [2.24, 2.45) is 5.84 Å². The van der Waals surface area contributed by atoms with Crippen molar-refractivity contribution in [3.05, 3.63) is 35.9 Å². The summed E-state index contributed by atoms with van der Waals surface area (Å²) in [5.74, 6) is 4.85. The van der Waals surface area contributed by atoms with E-state index in [1.165, 1.54) is 5.56 Å². The highest BCUT2D eigenvalue weighted by Crippen LogP contribution is 2.03. The zero-order valence-corrected chi connectivity index (χ0v) is 8.72. The zero-order chi connectivity index (χ0) is 9.52. The molecule has 0 saturated carbocycles. The summed E-state index contributed by atoms with van der Waals surface area (Å²) in [6.45, 7) is 0. The third-order valence-electron chi connectivity index (χ3n) is 1.87. The van der Waals surface area contributed by atoms with Gasteiger partial charge in [0.15, 0.2) is 0 Å². The van der Waals surface area contributed by atoms with E-state index in [9.17, 15) is 4.79 Å². The largest absolute Gasteiger partial charge is 0.294 e. The predicted molar refractivity (Wildman–Crippen MR) is 59.0 cm³/mol. The maximum absolute atomic E-state index is 10.8. The molecule has 0 aromatic heterocycles. The normalized spacial score (nSPS) is 8.93. The van der Waals surface area contributed by atoms with Gasteiger partial charge in [-0.05, 0) is 18.4 Å². The molecule has 1 aromatic carbocycles. The van der Waals surface area contributed by atoms with Crippen molar-refractivity contribution in [1.29, 1.82) is 0 Å². The molecule has 0 saturated heterocycles.